The highest BCUT2D eigenvalue weighted by Gasteiger charge is 2.31. The van der Waals surface area contributed by atoms with Gasteiger partial charge in [0, 0.05) is 62.4 Å². The molecule has 6 nitrogen and oxygen atoms in total. The van der Waals surface area contributed by atoms with E-state index >= 15 is 0 Å². The molecule has 0 saturated heterocycles. The van der Waals surface area contributed by atoms with Gasteiger partial charge in [-0.1, -0.05) is 133 Å². The lowest BCUT2D eigenvalue weighted by atomic mass is 9.87. The number of aromatic nitrogens is 3. The van der Waals surface area contributed by atoms with Crippen molar-refractivity contribution in [1.82, 2.24) is 14.1 Å². The van der Waals surface area contributed by atoms with Gasteiger partial charge in [0.25, 0.3) is 0 Å². The molecule has 0 atom stereocenters. The lowest BCUT2D eigenvalue weighted by molar-refractivity contribution is 0.483. The van der Waals surface area contributed by atoms with Crippen LogP contribution in [0, 0.1) is 0 Å². The number of benzene rings is 8. The van der Waals surface area contributed by atoms with Gasteiger partial charge in [-0.2, -0.15) is 0 Å². The second kappa shape index (κ2) is 14.7. The molecule has 2 aliphatic heterocycles. The Morgan fingerprint density at radius 3 is 1.91 bits per heavy atom. The normalized spacial score (nSPS) is 13.3. The first-order chi connectivity index (χ1) is 33.0. The van der Waals surface area contributed by atoms with Crippen LogP contribution < -0.4 is 14.5 Å². The van der Waals surface area contributed by atoms with Crippen LogP contribution in [0.4, 0.5) is 22.7 Å². The number of nitrogens with zero attached hydrogens (tertiary/aromatic N) is 5. The summed E-state index contributed by atoms with van der Waals surface area (Å²) in [6, 6.07) is 66.3. The molecular formula is C62H51N5O. The first-order valence-corrected chi connectivity index (χ1v) is 23.7. The standard InChI is InChI=1S/C62H51N5O/c1-61(2,3)39-25-27-41(28-26-39)64-38-65(53-24-12-11-23-52(53)64)42-15-13-16-43(36-42)68-44-29-30-50-56(37-44)66(57-35-40(33-34-63-57)62(4,5)6)54-31-32-55-58(59(50)54)47-19-8-7-17-45(47)48-20-14-21-49-46-18-9-10-22-51(46)67(55)60(48)49/h7-37H,38H2,1-6H3. The molecule has 2 aliphatic rings. The quantitative estimate of drug-likeness (QED) is 0.173. The Hall–Kier alpha value is -8.09. The number of rotatable bonds is 5. The van der Waals surface area contributed by atoms with Crippen LogP contribution in [0.5, 0.6) is 11.5 Å². The van der Waals surface area contributed by atoms with E-state index in [2.05, 4.69) is 242 Å². The Morgan fingerprint density at radius 1 is 0.441 bits per heavy atom. The minimum absolute atomic E-state index is 0.0673. The van der Waals surface area contributed by atoms with Crippen LogP contribution in [0.1, 0.15) is 52.7 Å². The van der Waals surface area contributed by atoms with Crippen molar-refractivity contribution in [3.8, 4) is 45.3 Å². The molecule has 0 fully saturated rings. The van der Waals surface area contributed by atoms with E-state index in [-0.39, 0.29) is 10.8 Å². The summed E-state index contributed by atoms with van der Waals surface area (Å²) in [5.74, 6) is 2.40. The first-order valence-electron chi connectivity index (χ1n) is 23.7. The molecule has 0 aliphatic carbocycles. The van der Waals surface area contributed by atoms with Gasteiger partial charge in [-0.15, -0.1) is 0 Å². The number of hydrogen-bond acceptors (Lipinski definition) is 4. The van der Waals surface area contributed by atoms with Crippen LogP contribution >= 0.6 is 0 Å². The predicted molar refractivity (Wildman–Crippen MR) is 283 cm³/mol. The maximum atomic E-state index is 6.93. The minimum atomic E-state index is -0.0673. The summed E-state index contributed by atoms with van der Waals surface area (Å²) in [5, 5.41) is 4.84. The van der Waals surface area contributed by atoms with Gasteiger partial charge < -0.3 is 19.1 Å². The Kier molecular flexibility index (Phi) is 8.69. The Labute approximate surface area is 396 Å². The van der Waals surface area contributed by atoms with Gasteiger partial charge >= 0.3 is 0 Å². The highest BCUT2D eigenvalue weighted by Crippen LogP contribution is 2.51. The van der Waals surface area contributed by atoms with E-state index in [4.69, 9.17) is 9.72 Å². The minimum Gasteiger partial charge on any atom is -0.457 e. The molecule has 68 heavy (non-hydrogen) atoms. The van der Waals surface area contributed by atoms with Gasteiger partial charge in [0.2, 0.25) is 0 Å². The van der Waals surface area contributed by atoms with E-state index < -0.39 is 0 Å². The van der Waals surface area contributed by atoms with E-state index in [0.717, 1.165) is 50.8 Å². The molecular weight excluding hydrogens is 831 g/mol. The first kappa shape index (κ1) is 40.2. The predicted octanol–water partition coefficient (Wildman–Crippen LogP) is 16.6. The van der Waals surface area contributed by atoms with Crippen molar-refractivity contribution in [2.45, 2.75) is 52.4 Å². The van der Waals surface area contributed by atoms with Crippen molar-refractivity contribution < 1.29 is 4.74 Å². The van der Waals surface area contributed by atoms with Gasteiger partial charge in [-0.3, -0.25) is 4.57 Å². The summed E-state index contributed by atoms with van der Waals surface area (Å²) < 4.78 is 11.8. The molecule has 0 saturated carbocycles. The van der Waals surface area contributed by atoms with Gasteiger partial charge in [-0.25, -0.2) is 4.98 Å². The summed E-state index contributed by atoms with van der Waals surface area (Å²) >= 11 is 0. The number of ether oxygens (including phenoxy) is 1. The lowest BCUT2D eigenvalue weighted by Crippen LogP contribution is -2.24. The van der Waals surface area contributed by atoms with E-state index in [1.165, 1.54) is 71.9 Å². The number of hydrogen-bond donors (Lipinski definition) is 0. The molecule has 0 unspecified atom stereocenters. The summed E-state index contributed by atoms with van der Waals surface area (Å²) in [4.78, 5) is 9.87. The Morgan fingerprint density at radius 2 is 1.12 bits per heavy atom. The van der Waals surface area contributed by atoms with E-state index in [9.17, 15) is 0 Å². The highest BCUT2D eigenvalue weighted by atomic mass is 16.5. The van der Waals surface area contributed by atoms with Gasteiger partial charge in [0.05, 0.1) is 39.1 Å². The topological polar surface area (TPSA) is 38.5 Å². The zero-order chi connectivity index (χ0) is 46.1. The second-order valence-electron chi connectivity index (χ2n) is 20.5. The summed E-state index contributed by atoms with van der Waals surface area (Å²) in [7, 11) is 0. The van der Waals surface area contributed by atoms with Crippen molar-refractivity contribution in [2.24, 2.45) is 0 Å². The third kappa shape index (κ3) is 6.13. The largest absolute Gasteiger partial charge is 0.457 e. The molecule has 5 heterocycles. The van der Waals surface area contributed by atoms with Crippen LogP contribution in [-0.4, -0.2) is 20.8 Å². The van der Waals surface area contributed by atoms with Crippen molar-refractivity contribution in [1.29, 1.82) is 0 Å². The molecule has 0 N–H and O–H groups in total. The van der Waals surface area contributed by atoms with Gasteiger partial charge in [-0.05, 0) is 112 Å². The molecule has 13 rings (SSSR count). The summed E-state index contributed by atoms with van der Waals surface area (Å²) in [6.07, 6.45) is 1.95. The lowest BCUT2D eigenvalue weighted by Gasteiger charge is -2.24. The van der Waals surface area contributed by atoms with Crippen LogP contribution in [0.25, 0.3) is 77.4 Å². The molecule has 8 aromatic carbocycles. The fourth-order valence-electron chi connectivity index (χ4n) is 10.9. The maximum absolute atomic E-state index is 6.93. The third-order valence-electron chi connectivity index (χ3n) is 14.3. The monoisotopic (exact) mass is 881 g/mol. The van der Waals surface area contributed by atoms with Crippen molar-refractivity contribution in [3.63, 3.8) is 0 Å². The van der Waals surface area contributed by atoms with Crippen LogP contribution in [0.2, 0.25) is 0 Å². The van der Waals surface area contributed by atoms with Crippen molar-refractivity contribution >= 4 is 66.4 Å². The number of para-hydroxylation sites is 4. The average Bonchev–Trinajstić information content (AvgIpc) is 3.99. The molecule has 11 aromatic rings. The molecule has 330 valence electrons. The highest BCUT2D eigenvalue weighted by molar-refractivity contribution is 6.22. The number of anilines is 4. The third-order valence-corrected chi connectivity index (χ3v) is 14.3. The number of pyridine rings is 1. The molecule has 0 radical (unpaired) electrons. The van der Waals surface area contributed by atoms with Crippen LogP contribution in [-0.2, 0) is 10.8 Å². The molecule has 6 heteroatoms. The van der Waals surface area contributed by atoms with Gasteiger partial charge in [0.15, 0.2) is 0 Å². The van der Waals surface area contributed by atoms with Gasteiger partial charge in [0.1, 0.15) is 24.0 Å². The summed E-state index contributed by atoms with van der Waals surface area (Å²) in [6.45, 7) is 14.3. The Bertz CT molecular complexity index is 3840. The van der Waals surface area contributed by atoms with Crippen LogP contribution in [0.3, 0.4) is 0 Å². The molecule has 0 spiro atoms. The Balaban J connectivity index is 0.969. The van der Waals surface area contributed by atoms with E-state index in [1.807, 2.05) is 6.20 Å². The van der Waals surface area contributed by atoms with Crippen LogP contribution in [0.15, 0.2) is 188 Å². The van der Waals surface area contributed by atoms with Crippen molar-refractivity contribution in [3.05, 3.63) is 199 Å². The fourth-order valence-corrected chi connectivity index (χ4v) is 10.9. The maximum Gasteiger partial charge on any atom is 0.137 e. The average molecular weight is 882 g/mol. The van der Waals surface area contributed by atoms with E-state index in [1.54, 1.807) is 0 Å². The fraction of sp³-hybridized carbons (Fsp3) is 0.145. The molecule has 0 bridgehead atoms. The molecule has 3 aromatic heterocycles. The summed E-state index contributed by atoms with van der Waals surface area (Å²) in [5.41, 5.74) is 17.8. The molecule has 0 amide bonds. The smallest absolute Gasteiger partial charge is 0.137 e. The van der Waals surface area contributed by atoms with E-state index in [0.29, 0.717) is 6.67 Å². The SMILES string of the molecule is CC(C)(C)c1ccc(N2CN(c3cccc(Oc4ccc5c6c7c(ccc6n(-c6cc(C(C)(C)C)ccn6)c5c4)-n4c5ccccc5c5cccc(c54)-c4ccccc4-7)c3)c3ccccc32)cc1. The second-order valence-corrected chi connectivity index (χ2v) is 20.5. The zero-order valence-electron chi connectivity index (χ0n) is 39.2. The number of fused-ring (bicyclic) bond motifs is 13. The zero-order valence-corrected chi connectivity index (χ0v) is 39.2. The van der Waals surface area contributed by atoms with Crippen molar-refractivity contribution in [2.75, 3.05) is 16.5 Å².